The van der Waals surface area contributed by atoms with Crippen LogP contribution in [0.3, 0.4) is 0 Å². The zero-order valence-corrected chi connectivity index (χ0v) is 11.1. The summed E-state index contributed by atoms with van der Waals surface area (Å²) in [5.74, 6) is 3.80. The average Bonchev–Trinajstić information content (AvgIpc) is 2.53. The summed E-state index contributed by atoms with van der Waals surface area (Å²) in [6, 6.07) is 7.27. The Hall–Kier alpha value is -0.820. The Bertz CT molecular complexity index is 451. The lowest BCUT2D eigenvalue weighted by Crippen LogP contribution is -2.25. The largest absolute Gasteiger partial charge is 0.330 e. The number of rotatable bonds is 2. The van der Waals surface area contributed by atoms with Crippen molar-refractivity contribution >= 4 is 0 Å². The van der Waals surface area contributed by atoms with Crippen LogP contribution in [0, 0.1) is 11.8 Å². The molecule has 2 fully saturated rings. The molecule has 5 rings (SSSR count). The molecule has 0 saturated heterocycles. The first-order valence-corrected chi connectivity index (χ1v) is 7.66. The van der Waals surface area contributed by atoms with Crippen LogP contribution in [0.4, 0.5) is 0 Å². The molecule has 0 heterocycles. The molecule has 1 aromatic rings. The van der Waals surface area contributed by atoms with Gasteiger partial charge in [-0.2, -0.15) is 0 Å². The molecule has 1 heteroatoms. The molecule has 2 N–H and O–H groups in total. The number of benzene rings is 1. The summed E-state index contributed by atoms with van der Waals surface area (Å²) in [4.78, 5) is 0. The first kappa shape index (κ1) is 11.0. The van der Waals surface area contributed by atoms with Crippen molar-refractivity contribution < 1.29 is 0 Å². The molecule has 0 aliphatic heterocycles. The topological polar surface area (TPSA) is 26.0 Å². The third-order valence-electron chi connectivity index (χ3n) is 5.60. The van der Waals surface area contributed by atoms with E-state index in [-0.39, 0.29) is 0 Å². The molecule has 2 unspecified atom stereocenters. The van der Waals surface area contributed by atoms with E-state index in [4.69, 9.17) is 5.73 Å². The lowest BCUT2D eigenvalue weighted by atomic mass is 9.67. The molecular weight excluding hydrogens is 218 g/mol. The van der Waals surface area contributed by atoms with Crippen molar-refractivity contribution in [2.24, 2.45) is 17.6 Å². The van der Waals surface area contributed by atoms with Crippen molar-refractivity contribution in [2.75, 3.05) is 6.54 Å². The van der Waals surface area contributed by atoms with Crippen molar-refractivity contribution in [1.82, 2.24) is 0 Å². The third kappa shape index (κ3) is 1.64. The zero-order valence-electron chi connectivity index (χ0n) is 11.1. The van der Waals surface area contributed by atoms with E-state index >= 15 is 0 Å². The van der Waals surface area contributed by atoms with E-state index < -0.39 is 0 Å². The minimum absolute atomic E-state index is 0.776. The molecule has 4 aliphatic rings. The van der Waals surface area contributed by atoms with Gasteiger partial charge in [0.2, 0.25) is 0 Å². The smallest absolute Gasteiger partial charge is 0.00367 e. The summed E-state index contributed by atoms with van der Waals surface area (Å²) >= 11 is 0. The van der Waals surface area contributed by atoms with Crippen LogP contribution in [-0.4, -0.2) is 6.54 Å². The normalized spacial score (nSPS) is 36.5. The first-order chi connectivity index (χ1) is 8.83. The summed E-state index contributed by atoms with van der Waals surface area (Å²) in [5.41, 5.74) is 10.6. The Kier molecular flexibility index (Phi) is 2.51. The molecule has 96 valence electrons. The Morgan fingerprint density at radius 2 is 1.56 bits per heavy atom. The Morgan fingerprint density at radius 1 is 0.889 bits per heavy atom. The molecule has 4 bridgehead atoms. The van der Waals surface area contributed by atoms with Crippen molar-refractivity contribution in [3.63, 3.8) is 0 Å². The highest BCUT2D eigenvalue weighted by molar-refractivity contribution is 5.40. The van der Waals surface area contributed by atoms with Crippen LogP contribution in [0.2, 0.25) is 0 Å². The second-order valence-corrected chi connectivity index (χ2v) is 6.81. The standard InChI is InChI=1S/C17H23N/c18-4-3-11-1-2-16-14-6-12-5-13(7-14)9-15(8-12)17(16)10-11/h1-2,10,12-15H,3-9,18H2. The van der Waals surface area contributed by atoms with Crippen LogP contribution in [0.1, 0.15) is 60.6 Å². The zero-order chi connectivity index (χ0) is 12.1. The molecular formula is C17H23N. The van der Waals surface area contributed by atoms with Gasteiger partial charge in [-0.3, -0.25) is 0 Å². The average molecular weight is 241 g/mol. The maximum Gasteiger partial charge on any atom is -0.00367 e. The fourth-order valence-electron chi connectivity index (χ4n) is 5.03. The summed E-state index contributed by atoms with van der Waals surface area (Å²) in [6.45, 7) is 0.776. The van der Waals surface area contributed by atoms with Crippen LogP contribution in [-0.2, 0) is 6.42 Å². The van der Waals surface area contributed by atoms with Crippen LogP contribution in [0.25, 0.3) is 0 Å². The summed E-state index contributed by atoms with van der Waals surface area (Å²) in [7, 11) is 0. The second kappa shape index (κ2) is 4.09. The molecule has 0 radical (unpaired) electrons. The molecule has 4 aliphatic carbocycles. The first-order valence-electron chi connectivity index (χ1n) is 7.66. The summed E-state index contributed by atoms with van der Waals surface area (Å²) < 4.78 is 0. The molecule has 1 aromatic carbocycles. The van der Waals surface area contributed by atoms with Crippen molar-refractivity contribution in [1.29, 1.82) is 0 Å². The highest BCUT2D eigenvalue weighted by atomic mass is 14.5. The molecule has 2 saturated carbocycles. The Morgan fingerprint density at radius 3 is 2.22 bits per heavy atom. The van der Waals surface area contributed by atoms with Gasteiger partial charge in [-0.25, -0.2) is 0 Å². The van der Waals surface area contributed by atoms with Gasteiger partial charge in [-0.15, -0.1) is 0 Å². The Labute approximate surface area is 110 Å². The van der Waals surface area contributed by atoms with E-state index in [0.717, 1.165) is 36.6 Å². The number of hydrogen-bond acceptors (Lipinski definition) is 1. The summed E-state index contributed by atoms with van der Waals surface area (Å²) in [5, 5.41) is 0. The van der Waals surface area contributed by atoms with Gasteiger partial charge in [0.25, 0.3) is 0 Å². The lowest BCUT2D eigenvalue weighted by molar-refractivity contribution is 0.166. The van der Waals surface area contributed by atoms with Gasteiger partial charge in [0.15, 0.2) is 0 Å². The van der Waals surface area contributed by atoms with E-state index in [2.05, 4.69) is 18.2 Å². The quantitative estimate of drug-likeness (QED) is 0.841. The fourth-order valence-corrected chi connectivity index (χ4v) is 5.03. The van der Waals surface area contributed by atoms with Crippen molar-refractivity contribution in [2.45, 2.75) is 50.4 Å². The van der Waals surface area contributed by atoms with E-state index in [0.29, 0.717) is 0 Å². The third-order valence-corrected chi connectivity index (χ3v) is 5.60. The lowest BCUT2D eigenvalue weighted by Gasteiger charge is -2.38. The van der Waals surface area contributed by atoms with Gasteiger partial charge >= 0.3 is 0 Å². The predicted molar refractivity (Wildman–Crippen MR) is 74.7 cm³/mol. The molecule has 0 amide bonds. The van der Waals surface area contributed by atoms with Gasteiger partial charge < -0.3 is 5.73 Å². The van der Waals surface area contributed by atoms with Gasteiger partial charge in [0.1, 0.15) is 0 Å². The molecule has 0 spiro atoms. The van der Waals surface area contributed by atoms with E-state index in [1.165, 1.54) is 37.7 Å². The number of nitrogens with two attached hydrogens (primary N) is 1. The van der Waals surface area contributed by atoms with E-state index in [9.17, 15) is 0 Å². The second-order valence-electron chi connectivity index (χ2n) is 6.81. The van der Waals surface area contributed by atoms with Gasteiger partial charge in [0, 0.05) is 0 Å². The van der Waals surface area contributed by atoms with Gasteiger partial charge in [-0.1, -0.05) is 18.2 Å². The number of hydrogen-bond donors (Lipinski definition) is 1. The Balaban J connectivity index is 1.79. The maximum atomic E-state index is 5.70. The fraction of sp³-hybridized carbons (Fsp3) is 0.647. The monoisotopic (exact) mass is 241 g/mol. The van der Waals surface area contributed by atoms with Crippen LogP contribution in [0.15, 0.2) is 18.2 Å². The molecule has 0 aromatic heterocycles. The minimum atomic E-state index is 0.776. The minimum Gasteiger partial charge on any atom is -0.330 e. The van der Waals surface area contributed by atoms with Crippen LogP contribution >= 0.6 is 0 Å². The molecule has 1 nitrogen and oxygen atoms in total. The van der Waals surface area contributed by atoms with Crippen LogP contribution < -0.4 is 5.73 Å². The molecule has 2 atom stereocenters. The van der Waals surface area contributed by atoms with E-state index in [1.54, 1.807) is 11.1 Å². The molecule has 18 heavy (non-hydrogen) atoms. The van der Waals surface area contributed by atoms with E-state index in [1.807, 2.05) is 0 Å². The highest BCUT2D eigenvalue weighted by Crippen LogP contribution is 2.56. The van der Waals surface area contributed by atoms with Crippen molar-refractivity contribution in [3.8, 4) is 0 Å². The van der Waals surface area contributed by atoms with Crippen molar-refractivity contribution in [3.05, 3.63) is 34.9 Å². The SMILES string of the molecule is NCCc1ccc2c(c1)C1CC3CC(CC2C3)C1. The summed E-state index contributed by atoms with van der Waals surface area (Å²) in [6.07, 6.45) is 8.43. The van der Waals surface area contributed by atoms with Gasteiger partial charge in [-0.05, 0) is 85.4 Å². The highest BCUT2D eigenvalue weighted by Gasteiger charge is 2.41. The van der Waals surface area contributed by atoms with Crippen LogP contribution in [0.5, 0.6) is 0 Å². The predicted octanol–water partition coefficient (Wildman–Crippen LogP) is 3.58. The van der Waals surface area contributed by atoms with Gasteiger partial charge in [0.05, 0.1) is 0 Å². The maximum absolute atomic E-state index is 5.70.